The maximum absolute atomic E-state index is 12.3. The van der Waals surface area contributed by atoms with Gasteiger partial charge in [0.2, 0.25) is 12.5 Å². The van der Waals surface area contributed by atoms with E-state index in [4.69, 9.17) is 14.2 Å². The predicted octanol–water partition coefficient (Wildman–Crippen LogP) is 3.74. The number of carboxylic acids is 1. The van der Waals surface area contributed by atoms with Crippen molar-refractivity contribution < 1.29 is 24.1 Å². The van der Waals surface area contributed by atoms with Crippen LogP contribution in [-0.4, -0.2) is 49.5 Å². The van der Waals surface area contributed by atoms with Gasteiger partial charge in [-0.05, 0) is 43.0 Å². The van der Waals surface area contributed by atoms with E-state index in [0.29, 0.717) is 23.8 Å². The number of benzene rings is 1. The highest BCUT2D eigenvalue weighted by atomic mass is 16.7. The number of hydrogen-bond acceptors (Lipinski definition) is 5. The van der Waals surface area contributed by atoms with Crippen LogP contribution in [0.2, 0.25) is 0 Å². The highest BCUT2D eigenvalue weighted by Gasteiger charge is 2.47. The smallest absolute Gasteiger partial charge is 0.308 e. The van der Waals surface area contributed by atoms with Crippen molar-refractivity contribution in [3.8, 4) is 17.2 Å². The molecule has 3 unspecified atom stereocenters. The molecule has 0 radical (unpaired) electrons. The molecule has 3 rings (SSSR count). The minimum atomic E-state index is -0.738. The summed E-state index contributed by atoms with van der Waals surface area (Å²) >= 11 is 0. The van der Waals surface area contributed by atoms with Gasteiger partial charge in [0.25, 0.3) is 0 Å². The van der Waals surface area contributed by atoms with Crippen LogP contribution in [0.5, 0.6) is 17.2 Å². The molecule has 1 fully saturated rings. The third-order valence-electron chi connectivity index (χ3n) is 5.98. The van der Waals surface area contributed by atoms with Crippen LogP contribution in [0.3, 0.4) is 0 Å². The Morgan fingerprint density at radius 2 is 2.11 bits per heavy atom. The molecule has 1 saturated heterocycles. The normalized spacial score (nSPS) is 25.0. The first kappa shape index (κ1) is 19.8. The van der Waals surface area contributed by atoms with E-state index in [1.807, 2.05) is 19.2 Å². The topological polar surface area (TPSA) is 68.2 Å². The van der Waals surface area contributed by atoms with Crippen molar-refractivity contribution in [2.75, 3.05) is 27.5 Å². The van der Waals surface area contributed by atoms with Gasteiger partial charge in [0.15, 0.2) is 11.5 Å². The Labute approximate surface area is 161 Å². The molecular formula is C21H31NO5. The van der Waals surface area contributed by atoms with Gasteiger partial charge in [0.05, 0.1) is 13.0 Å². The number of likely N-dealkylation sites (N-methyl/N-ethyl adjacent to an activating group) is 1. The second kappa shape index (κ2) is 7.58. The molecule has 0 saturated carbocycles. The largest absolute Gasteiger partial charge is 0.493 e. The van der Waals surface area contributed by atoms with Crippen LogP contribution in [0, 0.1) is 11.3 Å². The van der Waals surface area contributed by atoms with E-state index in [2.05, 4.69) is 25.7 Å². The van der Waals surface area contributed by atoms with E-state index >= 15 is 0 Å². The van der Waals surface area contributed by atoms with E-state index in [-0.39, 0.29) is 24.2 Å². The Hall–Kier alpha value is -1.95. The Morgan fingerprint density at radius 3 is 2.74 bits per heavy atom. The number of nitrogens with zero attached hydrogens (tertiary/aromatic N) is 1. The van der Waals surface area contributed by atoms with Crippen LogP contribution in [0.15, 0.2) is 12.1 Å². The Balaban J connectivity index is 1.93. The summed E-state index contributed by atoms with van der Waals surface area (Å²) in [5.74, 6) is 0.514. The molecule has 2 aliphatic rings. The highest BCUT2D eigenvalue weighted by molar-refractivity contribution is 5.73. The number of carboxylic acid groups (broad SMARTS) is 1. The predicted molar refractivity (Wildman–Crippen MR) is 103 cm³/mol. The monoisotopic (exact) mass is 377 g/mol. The molecule has 27 heavy (non-hydrogen) atoms. The van der Waals surface area contributed by atoms with Gasteiger partial charge in [0.1, 0.15) is 0 Å². The zero-order valence-electron chi connectivity index (χ0n) is 16.9. The summed E-state index contributed by atoms with van der Waals surface area (Å²) in [6.45, 7) is 7.51. The first-order chi connectivity index (χ1) is 12.8. The average molecular weight is 377 g/mol. The summed E-state index contributed by atoms with van der Waals surface area (Å²) in [6.07, 6.45) is 3.06. The van der Waals surface area contributed by atoms with Crippen LogP contribution < -0.4 is 14.2 Å². The van der Waals surface area contributed by atoms with Crippen molar-refractivity contribution in [1.82, 2.24) is 4.90 Å². The fourth-order valence-electron chi connectivity index (χ4n) is 4.74. The molecule has 1 aromatic carbocycles. The van der Waals surface area contributed by atoms with Gasteiger partial charge in [-0.1, -0.05) is 27.2 Å². The summed E-state index contributed by atoms with van der Waals surface area (Å²) in [4.78, 5) is 14.5. The van der Waals surface area contributed by atoms with Crippen LogP contribution >= 0.6 is 0 Å². The molecule has 2 aliphatic heterocycles. The zero-order valence-corrected chi connectivity index (χ0v) is 16.9. The van der Waals surface area contributed by atoms with Crippen LogP contribution in [0.4, 0.5) is 0 Å². The SMILES string of the molecule is CCCC(C)(C)CC1C(C(=O)O)C(c2cc(OC)c3c(c2)OCO3)CN1C. The van der Waals surface area contributed by atoms with Gasteiger partial charge < -0.3 is 24.2 Å². The summed E-state index contributed by atoms with van der Waals surface area (Å²) in [5, 5.41) is 10.1. The standard InChI is InChI=1S/C21H31NO5/c1-6-7-21(2,3)10-15-18(20(23)24)14(11-22(15)4)13-8-16(25-5)19-17(9-13)26-12-27-19/h8-9,14-15,18H,6-7,10-12H2,1-5H3,(H,23,24). The van der Waals surface area contributed by atoms with E-state index in [0.717, 1.165) is 24.8 Å². The molecule has 0 amide bonds. The molecule has 150 valence electrons. The quantitative estimate of drug-likeness (QED) is 0.781. The lowest BCUT2D eigenvalue weighted by atomic mass is 9.76. The van der Waals surface area contributed by atoms with E-state index < -0.39 is 11.9 Å². The average Bonchev–Trinajstić information content (AvgIpc) is 3.18. The number of rotatable bonds is 7. The number of likely N-dealkylation sites (tertiary alicyclic amines) is 1. The number of carbonyl (C=O) groups is 1. The van der Waals surface area contributed by atoms with Gasteiger partial charge in [-0.15, -0.1) is 0 Å². The maximum Gasteiger partial charge on any atom is 0.308 e. The van der Waals surface area contributed by atoms with Gasteiger partial charge in [-0.25, -0.2) is 0 Å². The van der Waals surface area contributed by atoms with Crippen LogP contribution in [-0.2, 0) is 4.79 Å². The van der Waals surface area contributed by atoms with E-state index in [9.17, 15) is 9.90 Å². The molecule has 0 aliphatic carbocycles. The zero-order chi connectivity index (χ0) is 19.8. The number of hydrogen-bond donors (Lipinski definition) is 1. The molecular weight excluding hydrogens is 346 g/mol. The second-order valence-electron chi connectivity index (χ2n) is 8.55. The number of ether oxygens (including phenoxy) is 3. The highest BCUT2D eigenvalue weighted by Crippen LogP contribution is 2.48. The summed E-state index contributed by atoms with van der Waals surface area (Å²) in [6, 6.07) is 3.82. The van der Waals surface area contributed by atoms with E-state index in [1.54, 1.807) is 7.11 Å². The van der Waals surface area contributed by atoms with Crippen molar-refractivity contribution in [1.29, 1.82) is 0 Å². The minimum absolute atomic E-state index is 0.00506. The molecule has 3 atom stereocenters. The summed E-state index contributed by atoms with van der Waals surface area (Å²) in [7, 11) is 3.62. The third-order valence-corrected chi connectivity index (χ3v) is 5.98. The summed E-state index contributed by atoms with van der Waals surface area (Å²) in [5.41, 5.74) is 1.05. The Morgan fingerprint density at radius 1 is 1.37 bits per heavy atom. The number of fused-ring (bicyclic) bond motifs is 1. The van der Waals surface area contributed by atoms with Gasteiger partial charge in [0, 0.05) is 18.5 Å². The van der Waals surface area contributed by atoms with E-state index in [1.165, 1.54) is 0 Å². The molecule has 0 spiro atoms. The fraction of sp³-hybridized carbons (Fsp3) is 0.667. The number of methoxy groups -OCH3 is 1. The molecule has 2 heterocycles. The molecule has 0 bridgehead atoms. The van der Waals surface area contributed by atoms with Gasteiger partial charge in [-0.2, -0.15) is 0 Å². The van der Waals surface area contributed by atoms with Crippen molar-refractivity contribution in [2.24, 2.45) is 11.3 Å². The Bertz CT molecular complexity index is 702. The van der Waals surface area contributed by atoms with Crippen molar-refractivity contribution in [2.45, 2.75) is 52.0 Å². The first-order valence-electron chi connectivity index (χ1n) is 9.68. The molecule has 0 aromatic heterocycles. The number of aliphatic carboxylic acids is 1. The molecule has 6 heteroatoms. The first-order valence-corrected chi connectivity index (χ1v) is 9.68. The van der Waals surface area contributed by atoms with Crippen molar-refractivity contribution in [3.63, 3.8) is 0 Å². The lowest BCUT2D eigenvalue weighted by Crippen LogP contribution is -2.37. The summed E-state index contributed by atoms with van der Waals surface area (Å²) < 4.78 is 16.5. The maximum atomic E-state index is 12.3. The lowest BCUT2D eigenvalue weighted by molar-refractivity contribution is -0.143. The second-order valence-corrected chi connectivity index (χ2v) is 8.55. The van der Waals surface area contributed by atoms with Crippen LogP contribution in [0.1, 0.15) is 51.5 Å². The van der Waals surface area contributed by atoms with Crippen molar-refractivity contribution >= 4 is 5.97 Å². The lowest BCUT2D eigenvalue weighted by Gasteiger charge is -2.33. The van der Waals surface area contributed by atoms with Crippen molar-refractivity contribution in [3.05, 3.63) is 17.7 Å². The molecule has 1 N–H and O–H groups in total. The fourth-order valence-corrected chi connectivity index (χ4v) is 4.74. The van der Waals surface area contributed by atoms with Gasteiger partial charge >= 0.3 is 5.97 Å². The minimum Gasteiger partial charge on any atom is -0.493 e. The van der Waals surface area contributed by atoms with Crippen LogP contribution in [0.25, 0.3) is 0 Å². The van der Waals surface area contributed by atoms with Gasteiger partial charge in [-0.3, -0.25) is 4.79 Å². The molecule has 1 aromatic rings. The molecule has 6 nitrogen and oxygen atoms in total. The third kappa shape index (κ3) is 3.86. The Kier molecular flexibility index (Phi) is 5.56.